The molecule has 0 amide bonds. The summed E-state index contributed by atoms with van der Waals surface area (Å²) < 4.78 is 0. The molecule has 0 bridgehead atoms. The minimum Gasteiger partial charge on any atom is -0.480 e. The smallest absolute Gasteiger partial charge is 0.317 e. The number of hydrogen-bond donors (Lipinski definition) is 4. The van der Waals surface area contributed by atoms with E-state index in [1.807, 2.05) is 11.8 Å². The molecule has 25 heavy (non-hydrogen) atoms. The van der Waals surface area contributed by atoms with Crippen LogP contribution in [0.5, 0.6) is 0 Å². The van der Waals surface area contributed by atoms with E-state index in [9.17, 15) is 19.2 Å². The summed E-state index contributed by atoms with van der Waals surface area (Å²) in [4.78, 5) is 47.5. The van der Waals surface area contributed by atoms with Crippen LogP contribution in [0.3, 0.4) is 0 Å². The molecule has 0 aliphatic rings. The fourth-order valence-corrected chi connectivity index (χ4v) is 2.19. The molecular formula is C14H25N3O8. The van der Waals surface area contributed by atoms with Crippen LogP contribution in [0.4, 0.5) is 0 Å². The van der Waals surface area contributed by atoms with Crippen molar-refractivity contribution in [2.24, 2.45) is 0 Å². The molecule has 0 aliphatic heterocycles. The van der Waals surface area contributed by atoms with E-state index in [0.29, 0.717) is 19.6 Å². The molecule has 4 N–H and O–H groups in total. The Morgan fingerprint density at radius 2 is 0.800 bits per heavy atom. The Hall–Kier alpha value is -2.24. The van der Waals surface area contributed by atoms with Crippen LogP contribution in [0.2, 0.25) is 0 Å². The van der Waals surface area contributed by atoms with Gasteiger partial charge in [0.1, 0.15) is 0 Å². The van der Waals surface area contributed by atoms with Gasteiger partial charge in [0.05, 0.1) is 26.2 Å². The predicted molar refractivity (Wildman–Crippen MR) is 85.5 cm³/mol. The first-order chi connectivity index (χ1) is 11.6. The average Bonchev–Trinajstić information content (AvgIpc) is 2.44. The van der Waals surface area contributed by atoms with Gasteiger partial charge < -0.3 is 25.3 Å². The van der Waals surface area contributed by atoms with Gasteiger partial charge in [0.15, 0.2) is 0 Å². The number of carbonyl (C=O) groups is 4. The maximum absolute atomic E-state index is 10.8. The zero-order valence-corrected chi connectivity index (χ0v) is 14.1. The Morgan fingerprint density at radius 3 is 1.00 bits per heavy atom. The Bertz CT molecular complexity index is 399. The molecule has 0 aliphatic carbocycles. The molecular weight excluding hydrogens is 338 g/mol. The summed E-state index contributed by atoms with van der Waals surface area (Å²) in [6, 6.07) is 0. The molecule has 0 rings (SSSR count). The summed E-state index contributed by atoms with van der Waals surface area (Å²) in [6.45, 7) is 2.02. The normalized spacial score (nSPS) is 11.2. The molecule has 0 unspecified atom stereocenters. The third-order valence-corrected chi connectivity index (χ3v) is 3.35. The highest BCUT2D eigenvalue weighted by molar-refractivity contribution is 5.73. The number of likely N-dealkylation sites (N-methyl/N-ethyl adjacent to an activating group) is 1. The molecule has 144 valence electrons. The maximum Gasteiger partial charge on any atom is 0.317 e. The maximum atomic E-state index is 10.8. The molecule has 11 nitrogen and oxygen atoms in total. The Morgan fingerprint density at radius 1 is 0.560 bits per heavy atom. The standard InChI is InChI=1S/C14H25N3O8/c1-2-15(3-5-16(7-11(18)19)8-12(20)21)4-6-17(9-13(22)23)10-14(24)25/h2-10H2,1H3,(H,18,19)(H,20,21)(H,22,23)(H,24,25). The summed E-state index contributed by atoms with van der Waals surface area (Å²) in [7, 11) is 0. The van der Waals surface area contributed by atoms with Crippen molar-refractivity contribution in [1.82, 2.24) is 14.7 Å². The van der Waals surface area contributed by atoms with Crippen molar-refractivity contribution >= 4 is 23.9 Å². The third-order valence-electron chi connectivity index (χ3n) is 3.35. The number of rotatable bonds is 15. The Kier molecular flexibility index (Phi) is 11.1. The highest BCUT2D eigenvalue weighted by Gasteiger charge is 2.17. The minimum atomic E-state index is -1.13. The van der Waals surface area contributed by atoms with Crippen LogP contribution in [-0.2, 0) is 19.2 Å². The summed E-state index contributed by atoms with van der Waals surface area (Å²) in [6.07, 6.45) is 0. The van der Waals surface area contributed by atoms with E-state index in [0.717, 1.165) is 0 Å². The first-order valence-electron chi connectivity index (χ1n) is 7.68. The molecule has 0 atom stereocenters. The van der Waals surface area contributed by atoms with Crippen LogP contribution in [0.25, 0.3) is 0 Å². The molecule has 0 aromatic rings. The first-order valence-corrected chi connectivity index (χ1v) is 7.68. The Labute approximate surface area is 145 Å². The van der Waals surface area contributed by atoms with Gasteiger partial charge in [-0.15, -0.1) is 0 Å². The van der Waals surface area contributed by atoms with Gasteiger partial charge >= 0.3 is 23.9 Å². The zero-order valence-electron chi connectivity index (χ0n) is 14.1. The summed E-state index contributed by atoms with van der Waals surface area (Å²) in [5, 5.41) is 35.2. The van der Waals surface area contributed by atoms with Gasteiger partial charge in [-0.25, -0.2) is 0 Å². The molecule has 0 aromatic heterocycles. The van der Waals surface area contributed by atoms with Gasteiger partial charge in [-0.05, 0) is 6.54 Å². The lowest BCUT2D eigenvalue weighted by atomic mass is 10.3. The average molecular weight is 363 g/mol. The molecule has 0 radical (unpaired) electrons. The van der Waals surface area contributed by atoms with Crippen molar-refractivity contribution in [1.29, 1.82) is 0 Å². The highest BCUT2D eigenvalue weighted by Crippen LogP contribution is 1.96. The van der Waals surface area contributed by atoms with Crippen LogP contribution in [0, 0.1) is 0 Å². The molecule has 0 saturated carbocycles. The third kappa shape index (κ3) is 12.8. The molecule has 11 heteroatoms. The summed E-state index contributed by atoms with van der Waals surface area (Å²) in [5.74, 6) is -4.51. The SMILES string of the molecule is CCN(CCN(CC(=O)O)CC(=O)O)CCN(CC(=O)O)CC(=O)O. The van der Waals surface area contributed by atoms with Gasteiger partial charge in [-0.2, -0.15) is 0 Å². The van der Waals surface area contributed by atoms with Crippen molar-refractivity contribution in [3.63, 3.8) is 0 Å². The van der Waals surface area contributed by atoms with E-state index < -0.39 is 50.1 Å². The highest BCUT2D eigenvalue weighted by atomic mass is 16.4. The van der Waals surface area contributed by atoms with E-state index in [2.05, 4.69) is 0 Å². The fraction of sp³-hybridized carbons (Fsp3) is 0.714. The van der Waals surface area contributed by atoms with Gasteiger partial charge in [-0.1, -0.05) is 6.92 Å². The van der Waals surface area contributed by atoms with E-state index in [-0.39, 0.29) is 13.1 Å². The van der Waals surface area contributed by atoms with Crippen LogP contribution in [0.15, 0.2) is 0 Å². The van der Waals surface area contributed by atoms with Gasteiger partial charge in [-0.3, -0.25) is 29.0 Å². The molecule has 0 heterocycles. The van der Waals surface area contributed by atoms with Crippen molar-refractivity contribution in [2.45, 2.75) is 6.92 Å². The first kappa shape index (κ1) is 22.8. The van der Waals surface area contributed by atoms with Gasteiger partial charge in [0.2, 0.25) is 0 Å². The van der Waals surface area contributed by atoms with Crippen LogP contribution < -0.4 is 0 Å². The van der Waals surface area contributed by atoms with Crippen molar-refractivity contribution < 1.29 is 39.6 Å². The molecule has 0 aromatic carbocycles. The van der Waals surface area contributed by atoms with E-state index in [1.54, 1.807) is 0 Å². The number of carboxylic acids is 4. The van der Waals surface area contributed by atoms with Gasteiger partial charge in [0.25, 0.3) is 0 Å². The molecule has 0 spiro atoms. The minimum absolute atomic E-state index is 0.213. The largest absolute Gasteiger partial charge is 0.480 e. The van der Waals surface area contributed by atoms with E-state index >= 15 is 0 Å². The number of nitrogens with zero attached hydrogens (tertiary/aromatic N) is 3. The Balaban J connectivity index is 4.53. The number of aliphatic carboxylic acids is 4. The topological polar surface area (TPSA) is 159 Å². The lowest BCUT2D eigenvalue weighted by Crippen LogP contribution is -2.44. The molecule has 0 saturated heterocycles. The van der Waals surface area contributed by atoms with E-state index in [1.165, 1.54) is 9.80 Å². The van der Waals surface area contributed by atoms with Crippen molar-refractivity contribution in [3.05, 3.63) is 0 Å². The van der Waals surface area contributed by atoms with Crippen molar-refractivity contribution in [3.8, 4) is 0 Å². The predicted octanol–water partition coefficient (Wildman–Crippen LogP) is -1.75. The second-order valence-electron chi connectivity index (χ2n) is 5.43. The van der Waals surface area contributed by atoms with Crippen LogP contribution >= 0.6 is 0 Å². The zero-order chi connectivity index (χ0) is 19.4. The number of carboxylic acid groups (broad SMARTS) is 4. The lowest BCUT2D eigenvalue weighted by Gasteiger charge is -2.27. The lowest BCUT2D eigenvalue weighted by molar-refractivity contribution is -0.143. The van der Waals surface area contributed by atoms with E-state index in [4.69, 9.17) is 20.4 Å². The quantitative estimate of drug-likeness (QED) is 0.261. The fourth-order valence-electron chi connectivity index (χ4n) is 2.19. The van der Waals surface area contributed by atoms with Crippen LogP contribution in [-0.4, -0.2) is 118 Å². The summed E-state index contributed by atoms with van der Waals surface area (Å²) >= 11 is 0. The van der Waals surface area contributed by atoms with Gasteiger partial charge in [0, 0.05) is 26.2 Å². The number of hydrogen-bond acceptors (Lipinski definition) is 7. The second-order valence-corrected chi connectivity index (χ2v) is 5.43. The summed E-state index contributed by atoms with van der Waals surface area (Å²) in [5.41, 5.74) is 0. The molecule has 0 fully saturated rings. The second kappa shape index (κ2) is 12.2. The van der Waals surface area contributed by atoms with Crippen LogP contribution in [0.1, 0.15) is 6.92 Å². The van der Waals surface area contributed by atoms with Crippen molar-refractivity contribution in [2.75, 3.05) is 58.9 Å². The monoisotopic (exact) mass is 363 g/mol.